The normalized spacial score (nSPS) is 10.2. The first-order valence-corrected chi connectivity index (χ1v) is 6.19. The minimum absolute atomic E-state index is 0.0943. The minimum Gasteiger partial charge on any atom is -0.466 e. The van der Waals surface area contributed by atoms with Crippen molar-refractivity contribution in [3.8, 4) is 0 Å². The van der Waals surface area contributed by atoms with Crippen molar-refractivity contribution in [1.82, 2.24) is 0 Å². The van der Waals surface area contributed by atoms with E-state index in [2.05, 4.69) is 12.1 Å². The van der Waals surface area contributed by atoms with E-state index in [9.17, 15) is 4.79 Å². The fraction of sp³-hybridized carbons (Fsp3) is 0.500. The van der Waals surface area contributed by atoms with E-state index in [1.165, 1.54) is 5.56 Å². The lowest BCUT2D eigenvalue weighted by molar-refractivity contribution is -0.143. The van der Waals surface area contributed by atoms with Crippen LogP contribution < -0.4 is 5.73 Å². The van der Waals surface area contributed by atoms with Crippen LogP contribution >= 0.6 is 0 Å². The maximum absolute atomic E-state index is 11.1. The Bertz CT molecular complexity index is 350. The second-order valence-corrected chi connectivity index (χ2v) is 4.04. The summed E-state index contributed by atoms with van der Waals surface area (Å²) >= 11 is 0. The van der Waals surface area contributed by atoms with Crippen LogP contribution in [0.1, 0.15) is 37.3 Å². The first-order valence-electron chi connectivity index (χ1n) is 6.19. The highest BCUT2D eigenvalue weighted by Gasteiger charge is 2.01. The lowest BCUT2D eigenvalue weighted by atomic mass is 10.0. The van der Waals surface area contributed by atoms with Crippen LogP contribution in [0.15, 0.2) is 24.3 Å². The molecule has 0 heterocycles. The fourth-order valence-corrected chi connectivity index (χ4v) is 1.74. The van der Waals surface area contributed by atoms with Gasteiger partial charge in [-0.3, -0.25) is 4.79 Å². The fourth-order valence-electron chi connectivity index (χ4n) is 1.74. The number of carbonyl (C=O) groups excluding carboxylic acids is 1. The molecule has 0 aliphatic rings. The van der Waals surface area contributed by atoms with Gasteiger partial charge in [0.2, 0.25) is 0 Å². The quantitative estimate of drug-likeness (QED) is 0.583. The monoisotopic (exact) mass is 235 g/mol. The van der Waals surface area contributed by atoms with Crippen LogP contribution in [0.5, 0.6) is 0 Å². The van der Waals surface area contributed by atoms with E-state index in [1.54, 1.807) is 0 Å². The van der Waals surface area contributed by atoms with Crippen molar-refractivity contribution < 1.29 is 9.53 Å². The van der Waals surface area contributed by atoms with Gasteiger partial charge in [-0.2, -0.15) is 0 Å². The standard InChI is InChI=1S/C14H21NO2/c1-2-17-14(16)9-4-3-6-12-7-5-8-13(10-12)11-15/h5,7-8,10H,2-4,6,9,11,15H2,1H3. The Morgan fingerprint density at radius 2 is 2.06 bits per heavy atom. The SMILES string of the molecule is CCOC(=O)CCCCc1cccc(CN)c1. The van der Waals surface area contributed by atoms with E-state index < -0.39 is 0 Å². The molecule has 0 saturated heterocycles. The maximum atomic E-state index is 11.1. The van der Waals surface area contributed by atoms with Crippen molar-refractivity contribution >= 4 is 5.97 Å². The van der Waals surface area contributed by atoms with Gasteiger partial charge in [-0.15, -0.1) is 0 Å². The third kappa shape index (κ3) is 5.50. The third-order valence-corrected chi connectivity index (χ3v) is 2.63. The molecule has 2 N–H and O–H groups in total. The van der Waals surface area contributed by atoms with Gasteiger partial charge >= 0.3 is 5.97 Å². The number of aryl methyl sites for hydroxylation is 1. The van der Waals surface area contributed by atoms with Gasteiger partial charge < -0.3 is 10.5 Å². The summed E-state index contributed by atoms with van der Waals surface area (Å²) in [6, 6.07) is 8.29. The highest BCUT2D eigenvalue weighted by atomic mass is 16.5. The summed E-state index contributed by atoms with van der Waals surface area (Å²) in [6.07, 6.45) is 3.40. The lowest BCUT2D eigenvalue weighted by Crippen LogP contribution is -2.03. The predicted octanol–water partition coefficient (Wildman–Crippen LogP) is 2.42. The third-order valence-electron chi connectivity index (χ3n) is 2.63. The zero-order chi connectivity index (χ0) is 12.5. The van der Waals surface area contributed by atoms with E-state index >= 15 is 0 Å². The zero-order valence-corrected chi connectivity index (χ0v) is 10.4. The number of hydrogen-bond acceptors (Lipinski definition) is 3. The predicted molar refractivity (Wildman–Crippen MR) is 68.5 cm³/mol. The van der Waals surface area contributed by atoms with Crippen molar-refractivity contribution in [3.63, 3.8) is 0 Å². The molecule has 1 aromatic carbocycles. The van der Waals surface area contributed by atoms with Crippen LogP contribution in [0.2, 0.25) is 0 Å². The molecule has 0 radical (unpaired) electrons. The summed E-state index contributed by atoms with van der Waals surface area (Å²) in [6.45, 7) is 2.88. The molecule has 1 rings (SSSR count). The molecule has 3 nitrogen and oxygen atoms in total. The number of esters is 1. The molecule has 0 saturated carbocycles. The van der Waals surface area contributed by atoms with Gasteiger partial charge in [0.25, 0.3) is 0 Å². The molecule has 0 aliphatic heterocycles. The summed E-state index contributed by atoms with van der Waals surface area (Å²) < 4.78 is 4.88. The van der Waals surface area contributed by atoms with Gasteiger partial charge in [0, 0.05) is 13.0 Å². The van der Waals surface area contributed by atoms with Crippen LogP contribution in [-0.2, 0) is 22.5 Å². The van der Waals surface area contributed by atoms with Gasteiger partial charge in [0.15, 0.2) is 0 Å². The molecule has 0 spiro atoms. The van der Waals surface area contributed by atoms with E-state index in [-0.39, 0.29) is 5.97 Å². The number of hydrogen-bond donors (Lipinski definition) is 1. The molecular formula is C14H21NO2. The molecule has 17 heavy (non-hydrogen) atoms. The first-order chi connectivity index (χ1) is 8.26. The second kappa shape index (κ2) is 7.85. The minimum atomic E-state index is -0.0943. The summed E-state index contributed by atoms with van der Waals surface area (Å²) in [7, 11) is 0. The van der Waals surface area contributed by atoms with Gasteiger partial charge in [0.1, 0.15) is 0 Å². The number of ether oxygens (including phenoxy) is 1. The van der Waals surface area contributed by atoms with Gasteiger partial charge in [-0.05, 0) is 37.3 Å². The molecule has 0 fully saturated rings. The molecular weight excluding hydrogens is 214 g/mol. The molecule has 0 atom stereocenters. The molecule has 1 aromatic rings. The Morgan fingerprint density at radius 3 is 2.76 bits per heavy atom. The molecule has 94 valence electrons. The Hall–Kier alpha value is -1.35. The average molecular weight is 235 g/mol. The molecule has 0 unspecified atom stereocenters. The van der Waals surface area contributed by atoms with Crippen molar-refractivity contribution in [3.05, 3.63) is 35.4 Å². The molecule has 0 aromatic heterocycles. The van der Waals surface area contributed by atoms with Crippen LogP contribution in [0.25, 0.3) is 0 Å². The van der Waals surface area contributed by atoms with E-state index in [4.69, 9.17) is 10.5 Å². The first kappa shape index (κ1) is 13.7. The van der Waals surface area contributed by atoms with Gasteiger partial charge in [-0.1, -0.05) is 24.3 Å². The van der Waals surface area contributed by atoms with Crippen LogP contribution in [0.3, 0.4) is 0 Å². The Morgan fingerprint density at radius 1 is 1.29 bits per heavy atom. The molecule has 0 aliphatic carbocycles. The number of nitrogens with two attached hydrogens (primary N) is 1. The Labute approximate surface area is 103 Å². The number of benzene rings is 1. The van der Waals surface area contributed by atoms with Gasteiger partial charge in [0.05, 0.1) is 6.61 Å². The molecule has 0 bridgehead atoms. The molecule has 0 amide bonds. The van der Waals surface area contributed by atoms with Crippen molar-refractivity contribution in [2.45, 2.75) is 39.2 Å². The Balaban J connectivity index is 2.24. The number of carbonyl (C=O) groups is 1. The topological polar surface area (TPSA) is 52.3 Å². The maximum Gasteiger partial charge on any atom is 0.305 e. The van der Waals surface area contributed by atoms with Crippen molar-refractivity contribution in [2.24, 2.45) is 5.73 Å². The summed E-state index contributed by atoms with van der Waals surface area (Å²) in [5.74, 6) is -0.0943. The van der Waals surface area contributed by atoms with E-state index in [0.717, 1.165) is 24.8 Å². The zero-order valence-electron chi connectivity index (χ0n) is 10.4. The highest BCUT2D eigenvalue weighted by molar-refractivity contribution is 5.69. The second-order valence-electron chi connectivity index (χ2n) is 4.04. The lowest BCUT2D eigenvalue weighted by Gasteiger charge is -2.04. The van der Waals surface area contributed by atoms with Crippen LogP contribution in [0.4, 0.5) is 0 Å². The number of rotatable bonds is 7. The summed E-state index contributed by atoms with van der Waals surface area (Å²) in [4.78, 5) is 11.1. The highest BCUT2D eigenvalue weighted by Crippen LogP contribution is 2.09. The van der Waals surface area contributed by atoms with Gasteiger partial charge in [-0.25, -0.2) is 0 Å². The smallest absolute Gasteiger partial charge is 0.305 e. The van der Waals surface area contributed by atoms with Crippen LogP contribution in [-0.4, -0.2) is 12.6 Å². The van der Waals surface area contributed by atoms with E-state index in [0.29, 0.717) is 19.6 Å². The largest absolute Gasteiger partial charge is 0.466 e. The van der Waals surface area contributed by atoms with Crippen molar-refractivity contribution in [1.29, 1.82) is 0 Å². The average Bonchev–Trinajstić information content (AvgIpc) is 2.35. The molecule has 3 heteroatoms. The van der Waals surface area contributed by atoms with Crippen LogP contribution in [0, 0.1) is 0 Å². The number of unbranched alkanes of at least 4 members (excludes halogenated alkanes) is 1. The van der Waals surface area contributed by atoms with E-state index in [1.807, 2.05) is 19.1 Å². The summed E-state index contributed by atoms with van der Waals surface area (Å²) in [5.41, 5.74) is 8.03. The summed E-state index contributed by atoms with van der Waals surface area (Å²) in [5, 5.41) is 0. The van der Waals surface area contributed by atoms with Crippen molar-refractivity contribution in [2.75, 3.05) is 6.61 Å². The Kier molecular flexibility index (Phi) is 6.33.